The Morgan fingerprint density at radius 2 is 1.85 bits per heavy atom. The van der Waals surface area contributed by atoms with E-state index in [2.05, 4.69) is 23.8 Å². The number of nitrogen functional groups attached to an aromatic ring is 2. The van der Waals surface area contributed by atoms with Crippen LogP contribution in [0.25, 0.3) is 0 Å². The lowest BCUT2D eigenvalue weighted by atomic mass is 10.0. The fourth-order valence-electron chi connectivity index (χ4n) is 1.45. The van der Waals surface area contributed by atoms with Crippen molar-refractivity contribution in [3.63, 3.8) is 0 Å². The van der Waals surface area contributed by atoms with Crippen LogP contribution in [-0.2, 0) is 6.42 Å². The van der Waals surface area contributed by atoms with E-state index in [1.54, 1.807) is 0 Å². The molecule has 0 fully saturated rings. The van der Waals surface area contributed by atoms with Crippen LogP contribution in [-0.4, -0.2) is 9.97 Å². The summed E-state index contributed by atoms with van der Waals surface area (Å²) >= 11 is 0. The molecule has 0 bridgehead atoms. The predicted molar refractivity (Wildman–Crippen MR) is 54.3 cm³/mol. The lowest BCUT2D eigenvalue weighted by Gasteiger charge is -2.12. The second kappa shape index (κ2) is 3.60. The van der Waals surface area contributed by atoms with E-state index in [1.807, 2.05) is 6.92 Å². The van der Waals surface area contributed by atoms with E-state index >= 15 is 0 Å². The molecule has 0 aliphatic rings. The number of hydrogen-bond acceptors (Lipinski definition) is 4. The van der Waals surface area contributed by atoms with Crippen molar-refractivity contribution >= 4 is 11.8 Å². The molecule has 0 spiro atoms. The topological polar surface area (TPSA) is 77.8 Å². The van der Waals surface area contributed by atoms with Gasteiger partial charge in [-0.2, -0.15) is 4.98 Å². The van der Waals surface area contributed by atoms with Crippen molar-refractivity contribution in [3.8, 4) is 0 Å². The summed E-state index contributed by atoms with van der Waals surface area (Å²) in [5.74, 6) is 1.12. The maximum Gasteiger partial charge on any atom is 0.222 e. The maximum absolute atomic E-state index is 5.77. The zero-order chi connectivity index (χ0) is 10.0. The Morgan fingerprint density at radius 3 is 2.31 bits per heavy atom. The third-order valence-electron chi connectivity index (χ3n) is 1.98. The number of aromatic nitrogens is 2. The molecule has 0 saturated carbocycles. The molecule has 0 aliphatic carbocycles. The Bertz CT molecular complexity index is 307. The van der Waals surface area contributed by atoms with E-state index < -0.39 is 0 Å². The molecule has 1 heterocycles. The van der Waals surface area contributed by atoms with Crippen molar-refractivity contribution in [1.29, 1.82) is 0 Å². The van der Waals surface area contributed by atoms with Gasteiger partial charge in [0.25, 0.3) is 0 Å². The first-order chi connectivity index (χ1) is 6.06. The van der Waals surface area contributed by atoms with Crippen LogP contribution in [0.4, 0.5) is 11.8 Å². The fourth-order valence-corrected chi connectivity index (χ4v) is 1.45. The van der Waals surface area contributed by atoms with Crippen LogP contribution < -0.4 is 11.5 Å². The van der Waals surface area contributed by atoms with E-state index in [9.17, 15) is 0 Å². The molecule has 72 valence electrons. The number of anilines is 2. The maximum atomic E-state index is 5.77. The molecule has 4 heteroatoms. The molecule has 0 radical (unpaired) electrons. The SMILES string of the molecule is CCc1nc(N)nc(N)c1C(C)C. The zero-order valence-corrected chi connectivity index (χ0v) is 8.33. The van der Waals surface area contributed by atoms with Gasteiger partial charge in [0.05, 0.1) is 5.69 Å². The highest BCUT2D eigenvalue weighted by Crippen LogP contribution is 2.24. The molecule has 0 aliphatic heterocycles. The minimum Gasteiger partial charge on any atom is -0.383 e. The first-order valence-corrected chi connectivity index (χ1v) is 4.48. The second-order valence-electron chi connectivity index (χ2n) is 3.34. The van der Waals surface area contributed by atoms with Gasteiger partial charge in [0, 0.05) is 5.56 Å². The van der Waals surface area contributed by atoms with Crippen LogP contribution in [0.2, 0.25) is 0 Å². The third-order valence-corrected chi connectivity index (χ3v) is 1.98. The molecule has 0 aromatic carbocycles. The van der Waals surface area contributed by atoms with Gasteiger partial charge in [-0.25, -0.2) is 4.98 Å². The molecule has 4 N–H and O–H groups in total. The minimum absolute atomic E-state index is 0.263. The summed E-state index contributed by atoms with van der Waals surface area (Å²) in [4.78, 5) is 8.11. The monoisotopic (exact) mass is 180 g/mol. The molecule has 4 nitrogen and oxygen atoms in total. The molecule has 1 aromatic rings. The third kappa shape index (κ3) is 1.88. The number of aryl methyl sites for hydroxylation is 1. The van der Waals surface area contributed by atoms with Gasteiger partial charge in [-0.15, -0.1) is 0 Å². The second-order valence-corrected chi connectivity index (χ2v) is 3.34. The Morgan fingerprint density at radius 1 is 1.23 bits per heavy atom. The normalized spacial score (nSPS) is 10.8. The summed E-state index contributed by atoms with van der Waals surface area (Å²) in [6.07, 6.45) is 0.838. The highest BCUT2D eigenvalue weighted by Gasteiger charge is 2.12. The smallest absolute Gasteiger partial charge is 0.222 e. The molecular weight excluding hydrogens is 164 g/mol. The standard InChI is InChI=1S/C9H16N4/c1-4-6-7(5(2)3)8(10)13-9(11)12-6/h5H,4H2,1-3H3,(H4,10,11,12,13). The van der Waals surface area contributed by atoms with Crippen molar-refractivity contribution in [2.24, 2.45) is 0 Å². The Kier molecular flexibility index (Phi) is 2.70. The summed E-state index contributed by atoms with van der Waals surface area (Å²) in [6, 6.07) is 0. The van der Waals surface area contributed by atoms with E-state index in [4.69, 9.17) is 11.5 Å². The highest BCUT2D eigenvalue weighted by atomic mass is 15.0. The molecule has 13 heavy (non-hydrogen) atoms. The first kappa shape index (κ1) is 9.77. The number of rotatable bonds is 2. The van der Waals surface area contributed by atoms with Crippen molar-refractivity contribution < 1.29 is 0 Å². The number of nitrogens with zero attached hydrogens (tertiary/aromatic N) is 2. The molecule has 0 atom stereocenters. The van der Waals surface area contributed by atoms with Crippen LogP contribution in [0, 0.1) is 0 Å². The van der Waals surface area contributed by atoms with Gasteiger partial charge in [-0.1, -0.05) is 20.8 Å². The van der Waals surface area contributed by atoms with E-state index in [-0.39, 0.29) is 5.95 Å². The van der Waals surface area contributed by atoms with Gasteiger partial charge in [-0.3, -0.25) is 0 Å². The van der Waals surface area contributed by atoms with Crippen molar-refractivity contribution in [2.75, 3.05) is 11.5 Å². The Balaban J connectivity index is 3.30. The van der Waals surface area contributed by atoms with E-state index in [0.29, 0.717) is 11.7 Å². The lowest BCUT2D eigenvalue weighted by molar-refractivity contribution is 0.818. The summed E-state index contributed by atoms with van der Waals surface area (Å²) < 4.78 is 0. The highest BCUT2D eigenvalue weighted by molar-refractivity contribution is 5.47. The Hall–Kier alpha value is -1.32. The summed E-state index contributed by atoms with van der Waals surface area (Å²) in [5.41, 5.74) is 13.3. The molecule has 1 rings (SSSR count). The van der Waals surface area contributed by atoms with Gasteiger partial charge in [-0.05, 0) is 12.3 Å². The summed E-state index contributed by atoms with van der Waals surface area (Å²) in [7, 11) is 0. The van der Waals surface area contributed by atoms with Crippen LogP contribution in [0.1, 0.15) is 37.9 Å². The van der Waals surface area contributed by atoms with Gasteiger partial charge in [0.15, 0.2) is 0 Å². The fraction of sp³-hybridized carbons (Fsp3) is 0.556. The van der Waals surface area contributed by atoms with Crippen molar-refractivity contribution in [2.45, 2.75) is 33.1 Å². The minimum atomic E-state index is 0.263. The van der Waals surface area contributed by atoms with E-state index in [1.165, 1.54) is 0 Å². The molecular formula is C9H16N4. The molecule has 1 aromatic heterocycles. The first-order valence-electron chi connectivity index (χ1n) is 4.48. The molecule has 0 unspecified atom stereocenters. The van der Waals surface area contributed by atoms with Crippen LogP contribution in [0.3, 0.4) is 0 Å². The summed E-state index contributed by atoms with van der Waals surface area (Å²) in [6.45, 7) is 6.18. The van der Waals surface area contributed by atoms with E-state index in [0.717, 1.165) is 17.7 Å². The van der Waals surface area contributed by atoms with Crippen LogP contribution in [0.5, 0.6) is 0 Å². The summed E-state index contributed by atoms with van der Waals surface area (Å²) in [5, 5.41) is 0. The van der Waals surface area contributed by atoms with Gasteiger partial charge < -0.3 is 11.5 Å². The van der Waals surface area contributed by atoms with Gasteiger partial charge in [0.1, 0.15) is 5.82 Å². The molecule has 0 amide bonds. The van der Waals surface area contributed by atoms with Crippen molar-refractivity contribution in [1.82, 2.24) is 9.97 Å². The zero-order valence-electron chi connectivity index (χ0n) is 8.33. The van der Waals surface area contributed by atoms with Gasteiger partial charge in [0.2, 0.25) is 5.95 Å². The average molecular weight is 180 g/mol. The van der Waals surface area contributed by atoms with Crippen LogP contribution in [0.15, 0.2) is 0 Å². The number of hydrogen-bond donors (Lipinski definition) is 2. The van der Waals surface area contributed by atoms with Crippen LogP contribution >= 0.6 is 0 Å². The van der Waals surface area contributed by atoms with Crippen molar-refractivity contribution in [3.05, 3.63) is 11.3 Å². The average Bonchev–Trinajstić information content (AvgIpc) is 2.01. The quantitative estimate of drug-likeness (QED) is 0.719. The van der Waals surface area contributed by atoms with Gasteiger partial charge >= 0.3 is 0 Å². The predicted octanol–water partition coefficient (Wildman–Crippen LogP) is 1.33. The Labute approximate surface area is 78.4 Å². The largest absolute Gasteiger partial charge is 0.383 e. The lowest BCUT2D eigenvalue weighted by Crippen LogP contribution is -2.09. The molecule has 0 saturated heterocycles. The number of nitrogens with two attached hydrogens (primary N) is 2.